The Kier molecular flexibility index (Phi) is 5.53. The quantitative estimate of drug-likeness (QED) is 0.740. The Balaban J connectivity index is 1.55. The Bertz CT molecular complexity index is 863. The van der Waals surface area contributed by atoms with Gasteiger partial charge in [-0.25, -0.2) is 14.4 Å². The Morgan fingerprint density at radius 1 is 1.04 bits per heavy atom. The van der Waals surface area contributed by atoms with E-state index >= 15 is 0 Å². The summed E-state index contributed by atoms with van der Waals surface area (Å²) in [5.41, 5.74) is 2.18. The van der Waals surface area contributed by atoms with Crippen molar-refractivity contribution in [1.82, 2.24) is 15.3 Å². The van der Waals surface area contributed by atoms with E-state index in [0.717, 1.165) is 11.3 Å². The number of halogens is 1. The van der Waals surface area contributed by atoms with Crippen LogP contribution < -0.4 is 10.1 Å². The summed E-state index contributed by atoms with van der Waals surface area (Å²) in [7, 11) is 1.62. The van der Waals surface area contributed by atoms with Crippen molar-refractivity contribution >= 4 is 5.91 Å². The molecule has 6 heteroatoms. The van der Waals surface area contributed by atoms with Gasteiger partial charge in [0, 0.05) is 24.5 Å². The summed E-state index contributed by atoms with van der Waals surface area (Å²) < 4.78 is 18.1. The predicted molar refractivity (Wildman–Crippen MR) is 96.5 cm³/mol. The van der Waals surface area contributed by atoms with Crippen molar-refractivity contribution in [2.24, 2.45) is 0 Å². The Hall–Kier alpha value is -3.28. The van der Waals surface area contributed by atoms with E-state index in [1.54, 1.807) is 19.2 Å². The zero-order valence-corrected chi connectivity index (χ0v) is 14.3. The SMILES string of the molecule is COc1ccc(CCNC(=O)c2cnc(-c3ccc(F)cc3)nc2)cc1. The number of aromatic nitrogens is 2. The number of amides is 1. The summed E-state index contributed by atoms with van der Waals surface area (Å²) in [5.74, 6) is 0.696. The third kappa shape index (κ3) is 4.42. The number of ether oxygens (including phenoxy) is 1. The lowest BCUT2D eigenvalue weighted by Crippen LogP contribution is -2.26. The summed E-state index contributed by atoms with van der Waals surface area (Å²) in [4.78, 5) is 20.5. The van der Waals surface area contributed by atoms with Crippen molar-refractivity contribution in [1.29, 1.82) is 0 Å². The molecule has 1 heterocycles. The molecule has 0 aliphatic carbocycles. The van der Waals surface area contributed by atoms with Crippen LogP contribution in [-0.4, -0.2) is 29.5 Å². The molecule has 0 atom stereocenters. The summed E-state index contributed by atoms with van der Waals surface area (Å²) in [6.45, 7) is 0.505. The summed E-state index contributed by atoms with van der Waals surface area (Å²) >= 11 is 0. The number of benzene rings is 2. The van der Waals surface area contributed by atoms with E-state index in [4.69, 9.17) is 4.74 Å². The van der Waals surface area contributed by atoms with Crippen LogP contribution in [0.25, 0.3) is 11.4 Å². The van der Waals surface area contributed by atoms with E-state index in [9.17, 15) is 9.18 Å². The topological polar surface area (TPSA) is 64.1 Å². The molecule has 0 saturated heterocycles. The van der Waals surface area contributed by atoms with E-state index in [2.05, 4.69) is 15.3 Å². The number of hydrogen-bond donors (Lipinski definition) is 1. The van der Waals surface area contributed by atoms with E-state index in [1.807, 2.05) is 24.3 Å². The van der Waals surface area contributed by atoms with Crippen LogP contribution in [0, 0.1) is 5.82 Å². The summed E-state index contributed by atoms with van der Waals surface area (Å²) in [6, 6.07) is 13.6. The van der Waals surface area contributed by atoms with Gasteiger partial charge in [0.05, 0.1) is 12.7 Å². The largest absolute Gasteiger partial charge is 0.497 e. The van der Waals surface area contributed by atoms with E-state index in [0.29, 0.717) is 29.9 Å². The molecule has 132 valence electrons. The number of carbonyl (C=O) groups is 1. The number of nitrogens with zero attached hydrogens (tertiary/aromatic N) is 2. The van der Waals surface area contributed by atoms with Crippen molar-refractivity contribution in [2.45, 2.75) is 6.42 Å². The van der Waals surface area contributed by atoms with E-state index in [1.165, 1.54) is 24.5 Å². The van der Waals surface area contributed by atoms with Gasteiger partial charge >= 0.3 is 0 Å². The predicted octanol–water partition coefficient (Wildman–Crippen LogP) is 3.26. The van der Waals surface area contributed by atoms with Crippen molar-refractivity contribution in [2.75, 3.05) is 13.7 Å². The van der Waals surface area contributed by atoms with Gasteiger partial charge in [0.15, 0.2) is 5.82 Å². The van der Waals surface area contributed by atoms with E-state index in [-0.39, 0.29) is 11.7 Å². The average molecular weight is 351 g/mol. The molecule has 1 amide bonds. The number of nitrogens with one attached hydrogen (secondary N) is 1. The Morgan fingerprint density at radius 2 is 1.69 bits per heavy atom. The van der Waals surface area contributed by atoms with Crippen LogP contribution in [0.4, 0.5) is 4.39 Å². The highest BCUT2D eigenvalue weighted by Gasteiger charge is 2.08. The van der Waals surface area contributed by atoms with Crippen LogP contribution >= 0.6 is 0 Å². The van der Waals surface area contributed by atoms with Gasteiger partial charge in [-0.05, 0) is 48.4 Å². The molecular formula is C20H18FN3O2. The first-order valence-corrected chi connectivity index (χ1v) is 8.15. The lowest BCUT2D eigenvalue weighted by Gasteiger charge is -2.06. The molecule has 26 heavy (non-hydrogen) atoms. The molecule has 1 aromatic heterocycles. The fourth-order valence-electron chi connectivity index (χ4n) is 2.41. The zero-order chi connectivity index (χ0) is 18.4. The smallest absolute Gasteiger partial charge is 0.254 e. The van der Waals surface area contributed by atoms with Crippen molar-refractivity contribution in [3.05, 3.63) is 77.9 Å². The zero-order valence-electron chi connectivity index (χ0n) is 14.3. The maximum atomic E-state index is 13.0. The first-order chi connectivity index (χ1) is 12.7. The molecule has 2 aromatic carbocycles. The molecule has 0 spiro atoms. The fourth-order valence-corrected chi connectivity index (χ4v) is 2.41. The first kappa shape index (κ1) is 17.5. The fraction of sp³-hybridized carbons (Fsp3) is 0.150. The van der Waals surface area contributed by atoms with Gasteiger partial charge in [-0.3, -0.25) is 4.79 Å². The third-order valence-electron chi connectivity index (χ3n) is 3.87. The Labute approximate surface area is 150 Å². The molecule has 0 radical (unpaired) electrons. The minimum Gasteiger partial charge on any atom is -0.497 e. The minimum atomic E-state index is -0.318. The van der Waals surface area contributed by atoms with Crippen LogP contribution in [0.3, 0.4) is 0 Å². The average Bonchev–Trinajstić information content (AvgIpc) is 2.69. The molecule has 0 aliphatic rings. The van der Waals surface area contributed by atoms with Crippen LogP contribution in [0.5, 0.6) is 5.75 Å². The van der Waals surface area contributed by atoms with Gasteiger partial charge in [0.25, 0.3) is 5.91 Å². The van der Waals surface area contributed by atoms with Gasteiger partial charge in [-0.1, -0.05) is 12.1 Å². The molecule has 5 nitrogen and oxygen atoms in total. The van der Waals surface area contributed by atoms with Gasteiger partial charge < -0.3 is 10.1 Å². The number of carbonyl (C=O) groups excluding carboxylic acids is 1. The molecule has 0 bridgehead atoms. The highest BCUT2D eigenvalue weighted by atomic mass is 19.1. The van der Waals surface area contributed by atoms with Gasteiger partial charge in [0.2, 0.25) is 0 Å². The highest BCUT2D eigenvalue weighted by Crippen LogP contribution is 2.15. The second kappa shape index (κ2) is 8.20. The normalized spacial score (nSPS) is 10.4. The second-order valence-electron chi connectivity index (χ2n) is 5.66. The van der Waals surface area contributed by atoms with Gasteiger partial charge in [-0.15, -0.1) is 0 Å². The molecule has 0 unspecified atom stereocenters. The van der Waals surface area contributed by atoms with Crippen molar-refractivity contribution in [3.63, 3.8) is 0 Å². The number of methoxy groups -OCH3 is 1. The lowest BCUT2D eigenvalue weighted by molar-refractivity contribution is 0.0953. The van der Waals surface area contributed by atoms with Crippen molar-refractivity contribution < 1.29 is 13.9 Å². The molecule has 0 saturated carbocycles. The first-order valence-electron chi connectivity index (χ1n) is 8.15. The van der Waals surface area contributed by atoms with Crippen LogP contribution in [0.1, 0.15) is 15.9 Å². The van der Waals surface area contributed by atoms with Gasteiger partial charge in [-0.2, -0.15) is 0 Å². The monoisotopic (exact) mass is 351 g/mol. The van der Waals surface area contributed by atoms with Crippen LogP contribution in [0.2, 0.25) is 0 Å². The van der Waals surface area contributed by atoms with Crippen LogP contribution in [0.15, 0.2) is 60.9 Å². The maximum Gasteiger partial charge on any atom is 0.254 e. The van der Waals surface area contributed by atoms with Gasteiger partial charge in [0.1, 0.15) is 11.6 Å². The molecule has 1 N–H and O–H groups in total. The maximum absolute atomic E-state index is 13.0. The molecule has 3 rings (SSSR count). The molecule has 0 fully saturated rings. The lowest BCUT2D eigenvalue weighted by atomic mass is 10.1. The summed E-state index contributed by atoms with van der Waals surface area (Å²) in [6.07, 6.45) is 3.65. The van der Waals surface area contributed by atoms with Crippen molar-refractivity contribution in [3.8, 4) is 17.1 Å². The highest BCUT2D eigenvalue weighted by molar-refractivity contribution is 5.93. The Morgan fingerprint density at radius 3 is 2.31 bits per heavy atom. The van der Waals surface area contributed by atoms with Crippen LogP contribution in [-0.2, 0) is 6.42 Å². The number of rotatable bonds is 6. The molecular weight excluding hydrogens is 333 g/mol. The minimum absolute atomic E-state index is 0.232. The van der Waals surface area contributed by atoms with E-state index < -0.39 is 0 Å². The molecule has 0 aliphatic heterocycles. The second-order valence-corrected chi connectivity index (χ2v) is 5.66. The third-order valence-corrected chi connectivity index (χ3v) is 3.87. The molecule has 3 aromatic rings. The standard InChI is InChI=1S/C20H18FN3O2/c1-26-18-8-2-14(3-9-18)10-11-22-20(25)16-12-23-19(24-13-16)15-4-6-17(21)7-5-15/h2-9,12-13H,10-11H2,1H3,(H,22,25). The summed E-state index contributed by atoms with van der Waals surface area (Å²) in [5, 5.41) is 2.84. The number of hydrogen-bond acceptors (Lipinski definition) is 4.